The zero-order valence-corrected chi connectivity index (χ0v) is 18.1. The molecule has 0 atom stereocenters. The highest BCUT2D eigenvalue weighted by Gasteiger charge is 2.22. The van der Waals surface area contributed by atoms with E-state index in [1.807, 2.05) is 12.1 Å². The van der Waals surface area contributed by atoms with Crippen LogP contribution in [0.25, 0.3) is 0 Å². The molecule has 150 valence electrons. The minimum atomic E-state index is 0.539. The number of aromatic nitrogens is 3. The van der Waals surface area contributed by atoms with Gasteiger partial charge in [-0.15, -0.1) is 0 Å². The molecule has 1 fully saturated rings. The summed E-state index contributed by atoms with van der Waals surface area (Å²) in [5.41, 5.74) is 10.9. The van der Waals surface area contributed by atoms with Crippen LogP contribution in [-0.4, -0.2) is 41.1 Å². The van der Waals surface area contributed by atoms with Gasteiger partial charge in [0.15, 0.2) is 11.6 Å². The lowest BCUT2D eigenvalue weighted by molar-refractivity contribution is 0.646. The lowest BCUT2D eigenvalue weighted by Crippen LogP contribution is -2.47. The van der Waals surface area contributed by atoms with E-state index in [1.54, 1.807) is 12.5 Å². The average Bonchev–Trinajstić information content (AvgIpc) is 2.73. The number of hydrogen-bond acceptors (Lipinski definition) is 7. The lowest BCUT2D eigenvalue weighted by Gasteiger charge is -2.38. The summed E-state index contributed by atoms with van der Waals surface area (Å²) in [7, 11) is 0. The van der Waals surface area contributed by atoms with Gasteiger partial charge in [-0.1, -0.05) is 12.1 Å². The Kier molecular flexibility index (Phi) is 5.53. The lowest BCUT2D eigenvalue weighted by atomic mass is 10.1. The first kappa shape index (κ1) is 19.4. The first-order chi connectivity index (χ1) is 14.0. The Morgan fingerprint density at radius 3 is 2.45 bits per heavy atom. The maximum absolute atomic E-state index is 6.40. The van der Waals surface area contributed by atoms with Crippen molar-refractivity contribution >= 4 is 44.8 Å². The summed E-state index contributed by atoms with van der Waals surface area (Å²) < 4.78 is 0.918. The van der Waals surface area contributed by atoms with Gasteiger partial charge in [0.1, 0.15) is 17.8 Å². The molecule has 3 N–H and O–H groups in total. The molecule has 0 unspecified atom stereocenters. The van der Waals surface area contributed by atoms with Crippen molar-refractivity contribution in [3.63, 3.8) is 0 Å². The van der Waals surface area contributed by atoms with Crippen molar-refractivity contribution in [3.8, 4) is 0 Å². The van der Waals surface area contributed by atoms with E-state index in [2.05, 4.69) is 78.0 Å². The van der Waals surface area contributed by atoms with Crippen molar-refractivity contribution in [1.82, 2.24) is 15.0 Å². The quantitative estimate of drug-likeness (QED) is 0.619. The van der Waals surface area contributed by atoms with Gasteiger partial charge in [-0.2, -0.15) is 0 Å². The molecular formula is C21H24BrN7. The first-order valence-corrected chi connectivity index (χ1v) is 10.4. The number of piperazine rings is 1. The smallest absolute Gasteiger partial charge is 0.160 e. The molecule has 2 aromatic heterocycles. The first-order valence-electron chi connectivity index (χ1n) is 9.58. The molecule has 4 rings (SSSR count). The van der Waals surface area contributed by atoms with Gasteiger partial charge in [0.05, 0.1) is 0 Å². The fraction of sp³-hybridized carbons (Fsp3) is 0.286. The molecule has 8 heteroatoms. The predicted octanol–water partition coefficient (Wildman–Crippen LogP) is 3.90. The Labute approximate surface area is 179 Å². The van der Waals surface area contributed by atoms with Gasteiger partial charge in [0, 0.05) is 42.5 Å². The van der Waals surface area contributed by atoms with E-state index in [9.17, 15) is 0 Å². The second kappa shape index (κ2) is 8.24. The maximum atomic E-state index is 6.40. The highest BCUT2D eigenvalue weighted by molar-refractivity contribution is 9.10. The molecule has 0 radical (unpaired) electrons. The highest BCUT2D eigenvalue weighted by atomic mass is 79.9. The largest absolute Gasteiger partial charge is 0.393 e. The topological polar surface area (TPSA) is 83.2 Å². The number of nitrogens with two attached hydrogens (primary N) is 1. The van der Waals surface area contributed by atoms with Crippen molar-refractivity contribution in [2.24, 2.45) is 0 Å². The number of nitrogens with zero attached hydrogens (tertiary/aromatic N) is 5. The van der Waals surface area contributed by atoms with Crippen LogP contribution < -0.4 is 20.9 Å². The van der Waals surface area contributed by atoms with E-state index in [0.29, 0.717) is 17.3 Å². The molecule has 0 bridgehead atoms. The number of pyridine rings is 1. The van der Waals surface area contributed by atoms with Gasteiger partial charge in [-0.25, -0.2) is 15.0 Å². The Bertz CT molecular complexity index is 998. The second-order valence-corrected chi connectivity index (χ2v) is 8.06. The monoisotopic (exact) mass is 453 g/mol. The molecule has 3 heterocycles. The van der Waals surface area contributed by atoms with Gasteiger partial charge >= 0.3 is 0 Å². The summed E-state index contributed by atoms with van der Waals surface area (Å²) >= 11 is 3.39. The number of anilines is 5. The molecule has 0 aliphatic carbocycles. The fourth-order valence-electron chi connectivity index (χ4n) is 3.55. The van der Waals surface area contributed by atoms with Crippen LogP contribution in [0.1, 0.15) is 11.1 Å². The second-order valence-electron chi connectivity index (χ2n) is 7.14. The fourth-order valence-corrected chi connectivity index (χ4v) is 3.78. The Balaban J connectivity index is 1.48. The number of benzene rings is 1. The Morgan fingerprint density at radius 2 is 1.72 bits per heavy atom. The molecule has 1 aliphatic heterocycles. The Morgan fingerprint density at radius 1 is 0.966 bits per heavy atom. The number of nitrogen functional groups attached to an aromatic ring is 1. The molecule has 1 aliphatic rings. The highest BCUT2D eigenvalue weighted by Crippen LogP contribution is 2.30. The summed E-state index contributed by atoms with van der Waals surface area (Å²) in [6.07, 6.45) is 3.27. The zero-order chi connectivity index (χ0) is 20.4. The molecular weight excluding hydrogens is 430 g/mol. The summed E-state index contributed by atoms with van der Waals surface area (Å²) in [6, 6.07) is 10.3. The van der Waals surface area contributed by atoms with E-state index < -0.39 is 0 Å². The van der Waals surface area contributed by atoms with Crippen molar-refractivity contribution in [3.05, 3.63) is 58.5 Å². The number of aryl methyl sites for hydroxylation is 1. The van der Waals surface area contributed by atoms with Crippen molar-refractivity contribution < 1.29 is 0 Å². The molecule has 3 aromatic rings. The number of hydrogen-bond donors (Lipinski definition) is 2. The number of nitrogens with one attached hydrogen (secondary N) is 1. The predicted molar refractivity (Wildman–Crippen MR) is 122 cm³/mol. The molecule has 7 nitrogen and oxygen atoms in total. The van der Waals surface area contributed by atoms with Crippen molar-refractivity contribution in [2.75, 3.05) is 47.0 Å². The standard InChI is InChI=1S/C21H24BrN7/c1-14-4-3-5-17(15(14)2)28-8-10-29(11-9-28)21-19(23)20(25-13-26-21)27-18-7-6-16(22)12-24-18/h3-7,12-13H,8-11,23H2,1-2H3,(H,24,25,26,27). The summed E-state index contributed by atoms with van der Waals surface area (Å²) in [6.45, 7) is 7.89. The van der Waals surface area contributed by atoms with E-state index in [0.717, 1.165) is 36.5 Å². The van der Waals surface area contributed by atoms with Crippen LogP contribution in [0, 0.1) is 13.8 Å². The summed E-state index contributed by atoms with van der Waals surface area (Å²) in [5.74, 6) is 2.02. The van der Waals surface area contributed by atoms with Crippen LogP contribution in [0.2, 0.25) is 0 Å². The van der Waals surface area contributed by atoms with Gasteiger partial charge in [0.2, 0.25) is 0 Å². The third-order valence-corrected chi connectivity index (χ3v) is 5.80. The third kappa shape index (κ3) is 4.12. The van der Waals surface area contributed by atoms with Crippen LogP contribution in [-0.2, 0) is 0 Å². The molecule has 29 heavy (non-hydrogen) atoms. The number of rotatable bonds is 4. The van der Waals surface area contributed by atoms with E-state index >= 15 is 0 Å². The van der Waals surface area contributed by atoms with Crippen LogP contribution in [0.15, 0.2) is 47.3 Å². The molecule has 1 saturated heterocycles. The van der Waals surface area contributed by atoms with Crippen LogP contribution in [0.3, 0.4) is 0 Å². The molecule has 0 saturated carbocycles. The normalized spacial score (nSPS) is 14.2. The SMILES string of the molecule is Cc1cccc(N2CCN(c3ncnc(Nc4ccc(Br)cn4)c3N)CC2)c1C. The number of halogens is 1. The van der Waals surface area contributed by atoms with Gasteiger partial charge in [-0.05, 0) is 59.1 Å². The van der Waals surface area contributed by atoms with Gasteiger partial charge < -0.3 is 20.9 Å². The minimum Gasteiger partial charge on any atom is -0.393 e. The zero-order valence-electron chi connectivity index (χ0n) is 16.6. The van der Waals surface area contributed by atoms with Gasteiger partial charge in [0.25, 0.3) is 0 Å². The maximum Gasteiger partial charge on any atom is 0.160 e. The third-order valence-electron chi connectivity index (χ3n) is 5.33. The van der Waals surface area contributed by atoms with E-state index in [4.69, 9.17) is 5.73 Å². The molecule has 1 aromatic carbocycles. The molecule has 0 spiro atoms. The Hall–Kier alpha value is -2.87. The van der Waals surface area contributed by atoms with Gasteiger partial charge in [-0.3, -0.25) is 0 Å². The van der Waals surface area contributed by atoms with Crippen LogP contribution in [0.4, 0.5) is 28.8 Å². The van der Waals surface area contributed by atoms with Crippen LogP contribution >= 0.6 is 15.9 Å². The van der Waals surface area contributed by atoms with Crippen molar-refractivity contribution in [1.29, 1.82) is 0 Å². The average molecular weight is 454 g/mol. The van der Waals surface area contributed by atoms with E-state index in [-0.39, 0.29) is 0 Å². The molecule has 0 amide bonds. The summed E-state index contributed by atoms with van der Waals surface area (Å²) in [5, 5.41) is 3.18. The summed E-state index contributed by atoms with van der Waals surface area (Å²) in [4.78, 5) is 17.7. The minimum absolute atomic E-state index is 0.539. The van der Waals surface area contributed by atoms with Crippen molar-refractivity contribution in [2.45, 2.75) is 13.8 Å². The van der Waals surface area contributed by atoms with E-state index in [1.165, 1.54) is 16.8 Å². The van der Waals surface area contributed by atoms with Crippen LogP contribution in [0.5, 0.6) is 0 Å².